The highest BCUT2D eigenvalue weighted by atomic mass is 35.5. The predicted molar refractivity (Wildman–Crippen MR) is 134 cm³/mol. The largest absolute Gasteiger partial charge is 0.347 e. The number of nitrogens with zero attached hydrogens (tertiary/aromatic N) is 1. The van der Waals surface area contributed by atoms with Gasteiger partial charge in [-0.1, -0.05) is 17.7 Å². The van der Waals surface area contributed by atoms with Crippen LogP contribution in [0.25, 0.3) is 10.1 Å². The SMILES string of the molecule is Cl.O=C(Nc1ccc(Cl)cc1)Nc1ccc2cc(C(=O)N[C@H]3CN4CCC3CC4)sc2c1. The fourth-order valence-corrected chi connectivity index (χ4v) is 5.55. The van der Waals surface area contributed by atoms with Gasteiger partial charge in [-0.25, -0.2) is 4.79 Å². The zero-order valence-electron chi connectivity index (χ0n) is 17.3. The number of nitrogens with one attached hydrogen (secondary N) is 3. The summed E-state index contributed by atoms with van der Waals surface area (Å²) >= 11 is 7.32. The Balaban J connectivity index is 0.00000245. The topological polar surface area (TPSA) is 73.5 Å². The normalized spacial score (nSPS) is 21.6. The number of fused-ring (bicyclic) bond motifs is 4. The molecule has 9 heteroatoms. The number of hydrogen-bond acceptors (Lipinski definition) is 4. The zero-order chi connectivity index (χ0) is 21.4. The summed E-state index contributed by atoms with van der Waals surface area (Å²) in [7, 11) is 0. The Morgan fingerprint density at radius 3 is 2.34 bits per heavy atom. The molecule has 0 spiro atoms. The lowest BCUT2D eigenvalue weighted by molar-refractivity contribution is 0.0622. The van der Waals surface area contributed by atoms with Crippen molar-refractivity contribution in [1.29, 1.82) is 0 Å². The first-order chi connectivity index (χ1) is 15.0. The van der Waals surface area contributed by atoms with Crippen LogP contribution in [0.4, 0.5) is 16.2 Å². The summed E-state index contributed by atoms with van der Waals surface area (Å²) < 4.78 is 0.961. The van der Waals surface area contributed by atoms with Crippen LogP contribution < -0.4 is 16.0 Å². The van der Waals surface area contributed by atoms with Crippen molar-refractivity contribution in [2.24, 2.45) is 5.92 Å². The highest BCUT2D eigenvalue weighted by Gasteiger charge is 2.35. The first-order valence-corrected chi connectivity index (χ1v) is 11.6. The number of urea groups is 1. The van der Waals surface area contributed by atoms with Gasteiger partial charge in [-0.15, -0.1) is 23.7 Å². The average Bonchev–Trinajstić information content (AvgIpc) is 3.20. The van der Waals surface area contributed by atoms with E-state index in [4.69, 9.17) is 11.6 Å². The molecule has 3 N–H and O–H groups in total. The van der Waals surface area contributed by atoms with E-state index < -0.39 is 0 Å². The zero-order valence-corrected chi connectivity index (χ0v) is 19.7. The van der Waals surface area contributed by atoms with Gasteiger partial charge in [-0.05, 0) is 79.7 Å². The summed E-state index contributed by atoms with van der Waals surface area (Å²) in [6.07, 6.45) is 2.34. The number of hydrogen-bond donors (Lipinski definition) is 3. The van der Waals surface area contributed by atoms with Crippen molar-refractivity contribution in [1.82, 2.24) is 10.2 Å². The lowest BCUT2D eigenvalue weighted by atomic mass is 9.84. The van der Waals surface area contributed by atoms with Crippen LogP contribution in [-0.4, -0.2) is 42.5 Å². The maximum atomic E-state index is 12.8. The van der Waals surface area contributed by atoms with E-state index in [0.29, 0.717) is 27.2 Å². The van der Waals surface area contributed by atoms with E-state index in [1.165, 1.54) is 24.2 Å². The van der Waals surface area contributed by atoms with Crippen LogP contribution in [0.2, 0.25) is 5.02 Å². The number of rotatable bonds is 4. The predicted octanol–water partition coefficient (Wildman–Crippen LogP) is 5.44. The van der Waals surface area contributed by atoms with Crippen LogP contribution in [0.5, 0.6) is 0 Å². The number of amides is 3. The van der Waals surface area contributed by atoms with Gasteiger partial charge in [0.05, 0.1) is 4.88 Å². The highest BCUT2D eigenvalue weighted by molar-refractivity contribution is 7.20. The smallest absolute Gasteiger partial charge is 0.323 e. The standard InChI is InChI=1S/C23H23ClN4O2S.ClH/c24-16-2-5-17(6-3-16)25-23(30)26-18-4-1-15-11-21(31-20(15)12-18)22(29)27-19-13-28-9-7-14(19)8-10-28;/h1-6,11-12,14,19H,7-10,13H2,(H,27,29)(H2,25,26,30);1H/t19-;/m0./s1. The summed E-state index contributed by atoms with van der Waals surface area (Å²) in [6, 6.07) is 14.4. The minimum absolute atomic E-state index is 0. The Labute approximate surface area is 201 Å². The number of carbonyl (C=O) groups is 2. The van der Waals surface area contributed by atoms with Crippen molar-refractivity contribution in [3.05, 3.63) is 58.4 Å². The van der Waals surface area contributed by atoms with Gasteiger partial charge >= 0.3 is 6.03 Å². The Bertz CT molecular complexity index is 1130. The minimum atomic E-state index is -0.335. The second-order valence-electron chi connectivity index (χ2n) is 8.17. The van der Waals surface area contributed by atoms with Crippen molar-refractivity contribution in [2.75, 3.05) is 30.3 Å². The van der Waals surface area contributed by atoms with E-state index in [2.05, 4.69) is 20.9 Å². The van der Waals surface area contributed by atoms with Gasteiger partial charge in [0.1, 0.15) is 0 Å². The minimum Gasteiger partial charge on any atom is -0.347 e. The lowest BCUT2D eigenvalue weighted by Gasteiger charge is -2.44. The van der Waals surface area contributed by atoms with Crippen LogP contribution in [0.1, 0.15) is 22.5 Å². The molecule has 2 bridgehead atoms. The lowest BCUT2D eigenvalue weighted by Crippen LogP contribution is -2.57. The van der Waals surface area contributed by atoms with Crippen LogP contribution in [0.15, 0.2) is 48.5 Å². The number of piperidine rings is 3. The van der Waals surface area contributed by atoms with E-state index in [9.17, 15) is 9.59 Å². The van der Waals surface area contributed by atoms with Gasteiger partial charge in [-0.2, -0.15) is 0 Å². The first-order valence-electron chi connectivity index (χ1n) is 10.4. The fourth-order valence-electron chi connectivity index (χ4n) is 4.42. The van der Waals surface area contributed by atoms with Crippen LogP contribution in [-0.2, 0) is 0 Å². The summed E-state index contributed by atoms with van der Waals surface area (Å²) in [5.41, 5.74) is 1.33. The third-order valence-electron chi connectivity index (χ3n) is 6.08. The molecule has 6 rings (SSSR count). The van der Waals surface area contributed by atoms with E-state index in [1.54, 1.807) is 24.3 Å². The molecule has 3 saturated heterocycles. The van der Waals surface area contributed by atoms with Crippen molar-refractivity contribution in [3.8, 4) is 0 Å². The molecular formula is C23H24Cl2N4O2S. The molecule has 0 radical (unpaired) electrons. The van der Waals surface area contributed by atoms with Crippen molar-refractivity contribution in [2.45, 2.75) is 18.9 Å². The van der Waals surface area contributed by atoms with Gasteiger partial charge in [0.2, 0.25) is 0 Å². The van der Waals surface area contributed by atoms with Crippen LogP contribution in [0.3, 0.4) is 0 Å². The molecule has 3 amide bonds. The summed E-state index contributed by atoms with van der Waals surface area (Å²) in [5.74, 6) is 0.591. The molecule has 168 valence electrons. The Kier molecular flexibility index (Phi) is 6.90. The molecule has 3 aliphatic heterocycles. The highest BCUT2D eigenvalue weighted by Crippen LogP contribution is 2.30. The molecule has 4 heterocycles. The van der Waals surface area contributed by atoms with Crippen LogP contribution in [0, 0.1) is 5.92 Å². The van der Waals surface area contributed by atoms with Crippen molar-refractivity contribution >= 4 is 68.7 Å². The molecule has 1 aromatic heterocycles. The quantitative estimate of drug-likeness (QED) is 0.455. The molecule has 6 nitrogen and oxygen atoms in total. The second-order valence-corrected chi connectivity index (χ2v) is 9.69. The number of thiophene rings is 1. The summed E-state index contributed by atoms with van der Waals surface area (Å²) in [4.78, 5) is 28.3. The Hall–Kier alpha value is -2.32. The molecule has 3 aromatic rings. The summed E-state index contributed by atoms with van der Waals surface area (Å²) in [6.45, 7) is 3.26. The molecule has 0 saturated carbocycles. The van der Waals surface area contributed by atoms with Gasteiger partial charge in [-0.3, -0.25) is 4.79 Å². The summed E-state index contributed by atoms with van der Waals surface area (Å²) in [5, 5.41) is 10.5. The fraction of sp³-hybridized carbons (Fsp3) is 0.304. The Morgan fingerprint density at radius 1 is 0.969 bits per heavy atom. The Morgan fingerprint density at radius 2 is 1.66 bits per heavy atom. The maximum Gasteiger partial charge on any atom is 0.323 e. The van der Waals surface area contributed by atoms with Crippen LogP contribution >= 0.6 is 35.3 Å². The maximum absolute atomic E-state index is 12.8. The van der Waals surface area contributed by atoms with Gasteiger partial charge in [0.25, 0.3) is 5.91 Å². The molecule has 2 aromatic carbocycles. The number of halogens is 2. The molecule has 3 aliphatic rings. The van der Waals surface area contributed by atoms with E-state index in [0.717, 1.165) is 29.7 Å². The number of benzene rings is 2. The molecule has 0 unspecified atom stereocenters. The molecule has 1 atom stereocenters. The first kappa shape index (κ1) is 22.9. The van der Waals surface area contributed by atoms with E-state index >= 15 is 0 Å². The van der Waals surface area contributed by atoms with Gasteiger partial charge in [0.15, 0.2) is 0 Å². The third kappa shape index (κ3) is 5.02. The van der Waals surface area contributed by atoms with E-state index in [1.807, 2.05) is 24.3 Å². The molecule has 32 heavy (non-hydrogen) atoms. The van der Waals surface area contributed by atoms with E-state index in [-0.39, 0.29) is 30.4 Å². The molecule has 3 fully saturated rings. The third-order valence-corrected chi connectivity index (χ3v) is 7.43. The van der Waals surface area contributed by atoms with Crippen molar-refractivity contribution < 1.29 is 9.59 Å². The molecule has 0 aliphatic carbocycles. The van der Waals surface area contributed by atoms with Gasteiger partial charge < -0.3 is 20.9 Å². The van der Waals surface area contributed by atoms with Crippen molar-refractivity contribution in [3.63, 3.8) is 0 Å². The monoisotopic (exact) mass is 490 g/mol. The number of anilines is 2. The average molecular weight is 491 g/mol. The number of carbonyl (C=O) groups excluding carboxylic acids is 2. The van der Waals surface area contributed by atoms with Gasteiger partial charge in [0, 0.05) is 33.7 Å². The second kappa shape index (κ2) is 9.67. The molecular weight excluding hydrogens is 467 g/mol.